The number of rotatable bonds is 4. The van der Waals surface area contributed by atoms with E-state index < -0.39 is 5.97 Å². The summed E-state index contributed by atoms with van der Waals surface area (Å²) in [5.41, 5.74) is 1.03. The molecule has 1 aromatic heterocycles. The number of hydrogen-bond acceptors (Lipinski definition) is 5. The minimum Gasteiger partial charge on any atom is -0.481 e. The number of aromatic amines is 1. The Labute approximate surface area is 92.1 Å². The molecule has 0 bridgehead atoms. The van der Waals surface area contributed by atoms with Crippen molar-refractivity contribution in [3.05, 3.63) is 11.9 Å². The first kappa shape index (κ1) is 10.7. The molecule has 2 heterocycles. The van der Waals surface area contributed by atoms with Gasteiger partial charge in [0.1, 0.15) is 0 Å². The maximum atomic E-state index is 10.5. The van der Waals surface area contributed by atoms with Gasteiger partial charge in [0.2, 0.25) is 0 Å². The zero-order valence-electron chi connectivity index (χ0n) is 8.76. The van der Waals surface area contributed by atoms with Crippen molar-refractivity contribution in [2.75, 3.05) is 19.6 Å². The number of hydrogen-bond donors (Lipinski definition) is 2. The topological polar surface area (TPSA) is 95.0 Å². The van der Waals surface area contributed by atoms with Gasteiger partial charge in [0.25, 0.3) is 0 Å². The molecule has 1 aliphatic heterocycles. The summed E-state index contributed by atoms with van der Waals surface area (Å²) >= 11 is 0. The quantitative estimate of drug-likeness (QED) is 0.731. The highest BCUT2D eigenvalue weighted by Crippen LogP contribution is 2.16. The molecule has 0 atom stereocenters. The van der Waals surface area contributed by atoms with Crippen molar-refractivity contribution in [1.29, 1.82) is 0 Å². The van der Waals surface area contributed by atoms with Crippen molar-refractivity contribution in [2.24, 2.45) is 0 Å². The predicted molar refractivity (Wildman–Crippen MR) is 55.5 cm³/mol. The molecule has 86 valence electrons. The Morgan fingerprint density at radius 2 is 2.50 bits per heavy atom. The molecule has 0 radical (unpaired) electrons. The van der Waals surface area contributed by atoms with E-state index in [0.717, 1.165) is 18.5 Å². The monoisotopic (exact) mass is 223 g/mol. The van der Waals surface area contributed by atoms with Crippen molar-refractivity contribution < 1.29 is 9.90 Å². The third kappa shape index (κ3) is 2.63. The fourth-order valence-corrected chi connectivity index (χ4v) is 1.72. The standard InChI is InChI=1S/C9H13N5O2/c15-8(16)3-5-14-4-1-2-7(6-14)9-10-12-13-11-9/h2H,1,3-6H2,(H,15,16)(H,10,11,12,13). The number of aromatic nitrogens is 4. The van der Waals surface area contributed by atoms with Crippen LogP contribution in [0.5, 0.6) is 0 Å². The second kappa shape index (κ2) is 4.84. The molecule has 1 aromatic rings. The minimum absolute atomic E-state index is 0.169. The lowest BCUT2D eigenvalue weighted by atomic mass is 10.1. The molecule has 0 aliphatic carbocycles. The molecule has 0 saturated heterocycles. The second-order valence-corrected chi connectivity index (χ2v) is 3.69. The van der Waals surface area contributed by atoms with Gasteiger partial charge in [-0.05, 0) is 16.8 Å². The van der Waals surface area contributed by atoms with E-state index in [0.29, 0.717) is 18.9 Å². The van der Waals surface area contributed by atoms with Crippen LogP contribution in [0.25, 0.3) is 5.57 Å². The smallest absolute Gasteiger partial charge is 0.304 e. The maximum absolute atomic E-state index is 10.5. The fraction of sp³-hybridized carbons (Fsp3) is 0.556. The Balaban J connectivity index is 1.93. The number of nitrogens with zero attached hydrogens (tertiary/aromatic N) is 4. The molecule has 0 saturated carbocycles. The van der Waals surface area contributed by atoms with Gasteiger partial charge in [0.05, 0.1) is 6.42 Å². The van der Waals surface area contributed by atoms with Crippen LogP contribution in [0, 0.1) is 0 Å². The SMILES string of the molecule is O=C(O)CCN1CCC=C(c2nnn[nH]2)C1. The fourth-order valence-electron chi connectivity index (χ4n) is 1.72. The number of tetrazole rings is 1. The van der Waals surface area contributed by atoms with Crippen molar-refractivity contribution >= 4 is 11.5 Å². The van der Waals surface area contributed by atoms with E-state index in [4.69, 9.17) is 5.11 Å². The molecule has 0 aromatic carbocycles. The van der Waals surface area contributed by atoms with Crippen LogP contribution >= 0.6 is 0 Å². The Morgan fingerprint density at radius 1 is 1.62 bits per heavy atom. The van der Waals surface area contributed by atoms with Gasteiger partial charge in [0, 0.05) is 25.2 Å². The number of nitrogens with one attached hydrogen (secondary N) is 1. The Kier molecular flexibility index (Phi) is 3.25. The molecule has 0 spiro atoms. The van der Waals surface area contributed by atoms with Gasteiger partial charge in [0.15, 0.2) is 5.82 Å². The second-order valence-electron chi connectivity index (χ2n) is 3.69. The summed E-state index contributed by atoms with van der Waals surface area (Å²) < 4.78 is 0. The molecule has 1 aliphatic rings. The molecular weight excluding hydrogens is 210 g/mol. The molecule has 7 heteroatoms. The number of aliphatic carboxylic acids is 1. The van der Waals surface area contributed by atoms with E-state index in [1.807, 2.05) is 0 Å². The normalized spacial score (nSPS) is 17.1. The molecule has 0 unspecified atom stereocenters. The van der Waals surface area contributed by atoms with Crippen LogP contribution in [0.3, 0.4) is 0 Å². The van der Waals surface area contributed by atoms with E-state index in [9.17, 15) is 4.79 Å². The van der Waals surface area contributed by atoms with E-state index in [1.54, 1.807) is 0 Å². The van der Waals surface area contributed by atoms with Crippen molar-refractivity contribution in [3.63, 3.8) is 0 Å². The van der Waals surface area contributed by atoms with E-state index in [2.05, 4.69) is 31.6 Å². The van der Waals surface area contributed by atoms with Crippen molar-refractivity contribution in [2.45, 2.75) is 12.8 Å². The summed E-state index contributed by atoms with van der Waals surface area (Å²) in [6.45, 7) is 2.15. The average Bonchev–Trinajstić information content (AvgIpc) is 2.80. The highest BCUT2D eigenvalue weighted by atomic mass is 16.4. The molecule has 2 rings (SSSR count). The van der Waals surface area contributed by atoms with Gasteiger partial charge in [-0.1, -0.05) is 6.08 Å². The molecular formula is C9H13N5O2. The average molecular weight is 223 g/mol. The van der Waals surface area contributed by atoms with Gasteiger partial charge >= 0.3 is 5.97 Å². The third-order valence-corrected chi connectivity index (χ3v) is 2.52. The molecule has 16 heavy (non-hydrogen) atoms. The van der Waals surface area contributed by atoms with Gasteiger partial charge in [-0.2, -0.15) is 0 Å². The summed E-state index contributed by atoms with van der Waals surface area (Å²) in [6.07, 6.45) is 3.15. The van der Waals surface area contributed by atoms with Crippen molar-refractivity contribution in [1.82, 2.24) is 25.5 Å². The van der Waals surface area contributed by atoms with Crippen LogP contribution in [0.2, 0.25) is 0 Å². The third-order valence-electron chi connectivity index (χ3n) is 2.52. The Hall–Kier alpha value is -1.76. The Bertz CT molecular complexity index is 387. The lowest BCUT2D eigenvalue weighted by Gasteiger charge is -2.25. The van der Waals surface area contributed by atoms with Gasteiger partial charge in [-0.3, -0.25) is 9.69 Å². The van der Waals surface area contributed by atoms with Crippen LogP contribution < -0.4 is 0 Å². The number of carboxylic acid groups (broad SMARTS) is 1. The van der Waals surface area contributed by atoms with Crippen molar-refractivity contribution in [3.8, 4) is 0 Å². The zero-order valence-corrected chi connectivity index (χ0v) is 8.76. The lowest BCUT2D eigenvalue weighted by molar-refractivity contribution is -0.137. The summed E-state index contributed by atoms with van der Waals surface area (Å²) in [6, 6.07) is 0. The number of carboxylic acids is 1. The largest absolute Gasteiger partial charge is 0.481 e. The van der Waals surface area contributed by atoms with Gasteiger partial charge in [-0.15, -0.1) is 5.10 Å². The van der Waals surface area contributed by atoms with E-state index >= 15 is 0 Å². The van der Waals surface area contributed by atoms with Crippen LogP contribution in [0.4, 0.5) is 0 Å². The summed E-state index contributed by atoms with van der Waals surface area (Å²) in [4.78, 5) is 12.6. The van der Waals surface area contributed by atoms with Crippen LogP contribution in [0.15, 0.2) is 6.08 Å². The highest BCUT2D eigenvalue weighted by Gasteiger charge is 2.16. The number of H-pyrrole nitrogens is 1. The first-order valence-corrected chi connectivity index (χ1v) is 5.13. The molecule has 0 amide bonds. The van der Waals surface area contributed by atoms with Gasteiger partial charge in [-0.25, -0.2) is 5.10 Å². The van der Waals surface area contributed by atoms with Crippen LogP contribution in [-0.2, 0) is 4.79 Å². The Morgan fingerprint density at radius 3 is 3.19 bits per heavy atom. The summed E-state index contributed by atoms with van der Waals surface area (Å²) in [5, 5.41) is 22.2. The molecule has 0 fully saturated rings. The molecule has 7 nitrogen and oxygen atoms in total. The van der Waals surface area contributed by atoms with E-state index in [1.165, 1.54) is 0 Å². The highest BCUT2D eigenvalue weighted by molar-refractivity contribution is 5.67. The summed E-state index contributed by atoms with van der Waals surface area (Å²) in [7, 11) is 0. The maximum Gasteiger partial charge on any atom is 0.304 e. The summed E-state index contributed by atoms with van der Waals surface area (Å²) in [5.74, 6) is -0.0996. The van der Waals surface area contributed by atoms with Crippen LogP contribution in [0.1, 0.15) is 18.7 Å². The lowest BCUT2D eigenvalue weighted by Crippen LogP contribution is -2.31. The minimum atomic E-state index is -0.766. The zero-order chi connectivity index (χ0) is 11.4. The predicted octanol–water partition coefficient (Wildman–Crippen LogP) is -0.237. The number of carbonyl (C=O) groups is 1. The van der Waals surface area contributed by atoms with Crippen LogP contribution in [-0.4, -0.2) is 56.2 Å². The first-order chi connectivity index (χ1) is 7.75. The first-order valence-electron chi connectivity index (χ1n) is 5.13. The molecule has 2 N–H and O–H groups in total. The van der Waals surface area contributed by atoms with E-state index in [-0.39, 0.29) is 6.42 Å². The van der Waals surface area contributed by atoms with Gasteiger partial charge < -0.3 is 5.11 Å².